The predicted octanol–water partition coefficient (Wildman–Crippen LogP) is 5.08. The van der Waals surface area contributed by atoms with Crippen molar-refractivity contribution in [3.8, 4) is 0 Å². The Balaban J connectivity index is 1.93. The zero-order valence-electron chi connectivity index (χ0n) is 12.7. The van der Waals surface area contributed by atoms with Gasteiger partial charge in [-0.2, -0.15) is 0 Å². The van der Waals surface area contributed by atoms with Crippen LogP contribution in [-0.4, -0.2) is 11.5 Å². The van der Waals surface area contributed by atoms with Crippen LogP contribution < -0.4 is 0 Å². The molecule has 0 aliphatic heterocycles. The summed E-state index contributed by atoms with van der Waals surface area (Å²) in [5.74, 6) is 0.0733. The van der Waals surface area contributed by atoms with E-state index < -0.39 is 0 Å². The van der Waals surface area contributed by atoms with Crippen LogP contribution in [0.3, 0.4) is 0 Å². The summed E-state index contributed by atoms with van der Waals surface area (Å²) in [6.07, 6.45) is 0.281. The number of benzene rings is 3. The highest BCUT2D eigenvalue weighted by Crippen LogP contribution is 2.16. The fourth-order valence-corrected chi connectivity index (χ4v) is 2.37. The van der Waals surface area contributed by atoms with Gasteiger partial charge in [0, 0.05) is 5.56 Å². The number of carbonyl (C=O) groups excluding carboxylic acids is 1. The third-order valence-corrected chi connectivity index (χ3v) is 3.55. The molecule has 23 heavy (non-hydrogen) atoms. The number of carbonyl (C=O) groups is 1. The van der Waals surface area contributed by atoms with Crippen molar-refractivity contribution in [1.29, 1.82) is 0 Å². The monoisotopic (exact) mass is 299 g/mol. The topological polar surface area (TPSA) is 29.4 Å². The summed E-state index contributed by atoms with van der Waals surface area (Å²) in [6, 6.07) is 28.9. The Morgan fingerprint density at radius 3 is 1.70 bits per heavy atom. The predicted molar refractivity (Wildman–Crippen MR) is 94.5 cm³/mol. The lowest BCUT2D eigenvalue weighted by Gasteiger charge is -2.07. The lowest BCUT2D eigenvalue weighted by atomic mass is 10.0. The van der Waals surface area contributed by atoms with Gasteiger partial charge in [0.25, 0.3) is 0 Å². The SMILES string of the molecule is O=C(CC(=Nc1ccccc1)c1ccccc1)c1ccccc1. The van der Waals surface area contributed by atoms with Crippen molar-refractivity contribution in [2.24, 2.45) is 4.99 Å². The molecule has 3 rings (SSSR count). The number of Topliss-reactive ketones (excluding diaryl/α,β-unsaturated/α-hetero) is 1. The van der Waals surface area contributed by atoms with Gasteiger partial charge in [0.15, 0.2) is 5.78 Å². The van der Waals surface area contributed by atoms with Crippen LogP contribution >= 0.6 is 0 Å². The van der Waals surface area contributed by atoms with E-state index in [1.807, 2.05) is 91.0 Å². The first-order valence-electron chi connectivity index (χ1n) is 7.59. The van der Waals surface area contributed by atoms with Crippen molar-refractivity contribution in [3.63, 3.8) is 0 Å². The maximum atomic E-state index is 12.5. The van der Waals surface area contributed by atoms with E-state index in [1.54, 1.807) is 0 Å². The number of nitrogens with zero attached hydrogens (tertiary/aromatic N) is 1. The highest BCUT2D eigenvalue weighted by Gasteiger charge is 2.12. The van der Waals surface area contributed by atoms with Gasteiger partial charge in [0.05, 0.1) is 17.8 Å². The van der Waals surface area contributed by atoms with Gasteiger partial charge in [-0.1, -0.05) is 78.9 Å². The summed E-state index contributed by atoms with van der Waals surface area (Å²) in [5.41, 5.74) is 3.32. The quantitative estimate of drug-likeness (QED) is 0.477. The van der Waals surface area contributed by atoms with Crippen LogP contribution in [0.2, 0.25) is 0 Å². The Bertz CT molecular complexity index is 793. The van der Waals surface area contributed by atoms with Crippen LogP contribution in [-0.2, 0) is 0 Å². The minimum Gasteiger partial charge on any atom is -0.294 e. The second-order valence-electron chi connectivity index (χ2n) is 5.23. The van der Waals surface area contributed by atoms with Crippen LogP contribution in [0.25, 0.3) is 0 Å². The van der Waals surface area contributed by atoms with E-state index in [0.717, 1.165) is 17.0 Å². The van der Waals surface area contributed by atoms with E-state index in [4.69, 9.17) is 4.99 Å². The molecule has 3 aromatic rings. The van der Waals surface area contributed by atoms with E-state index >= 15 is 0 Å². The molecule has 3 aromatic carbocycles. The first kappa shape index (κ1) is 14.9. The van der Waals surface area contributed by atoms with Crippen molar-refractivity contribution < 1.29 is 4.79 Å². The maximum Gasteiger partial charge on any atom is 0.168 e. The standard InChI is InChI=1S/C21H17NO/c23-21(18-12-6-2-7-13-18)16-20(17-10-4-1-5-11-17)22-19-14-8-3-9-15-19/h1-15H,16H2. The molecule has 0 aliphatic rings. The van der Waals surface area contributed by atoms with Gasteiger partial charge >= 0.3 is 0 Å². The van der Waals surface area contributed by atoms with Crippen LogP contribution in [0.4, 0.5) is 5.69 Å². The second kappa shape index (κ2) is 7.32. The Morgan fingerprint density at radius 2 is 1.13 bits per heavy atom. The summed E-state index contributed by atoms with van der Waals surface area (Å²) < 4.78 is 0. The highest BCUT2D eigenvalue weighted by molar-refractivity contribution is 6.16. The average Bonchev–Trinajstić information content (AvgIpc) is 2.63. The average molecular weight is 299 g/mol. The van der Waals surface area contributed by atoms with Crippen molar-refractivity contribution in [1.82, 2.24) is 0 Å². The molecule has 0 saturated heterocycles. The molecule has 0 spiro atoms. The number of aliphatic imine (C=N–C) groups is 1. The zero-order chi connectivity index (χ0) is 15.9. The molecule has 2 heteroatoms. The Labute approximate surface area is 136 Å². The van der Waals surface area contributed by atoms with E-state index in [2.05, 4.69) is 0 Å². The minimum atomic E-state index is 0.0733. The summed E-state index contributed by atoms with van der Waals surface area (Å²) in [5, 5.41) is 0. The summed E-state index contributed by atoms with van der Waals surface area (Å²) in [7, 11) is 0. The Hall–Kier alpha value is -3.00. The molecular weight excluding hydrogens is 282 g/mol. The first-order valence-corrected chi connectivity index (χ1v) is 7.59. The second-order valence-corrected chi connectivity index (χ2v) is 5.23. The Morgan fingerprint density at radius 1 is 0.652 bits per heavy atom. The van der Waals surface area contributed by atoms with Gasteiger partial charge in [-0.25, -0.2) is 0 Å². The number of hydrogen-bond acceptors (Lipinski definition) is 2. The van der Waals surface area contributed by atoms with Gasteiger partial charge in [-0.3, -0.25) is 9.79 Å². The van der Waals surface area contributed by atoms with E-state index in [0.29, 0.717) is 5.56 Å². The lowest BCUT2D eigenvalue weighted by molar-refractivity contribution is 0.100. The molecule has 0 aromatic heterocycles. The third-order valence-electron chi connectivity index (χ3n) is 3.55. The van der Waals surface area contributed by atoms with Gasteiger partial charge in [0.2, 0.25) is 0 Å². The highest BCUT2D eigenvalue weighted by atomic mass is 16.1. The van der Waals surface area contributed by atoms with Crippen LogP contribution in [0.5, 0.6) is 0 Å². The smallest absolute Gasteiger partial charge is 0.168 e. The van der Waals surface area contributed by atoms with Crippen molar-refractivity contribution in [2.45, 2.75) is 6.42 Å². The van der Waals surface area contributed by atoms with E-state index in [-0.39, 0.29) is 12.2 Å². The van der Waals surface area contributed by atoms with Gasteiger partial charge in [0.1, 0.15) is 0 Å². The fourth-order valence-electron chi connectivity index (χ4n) is 2.37. The van der Waals surface area contributed by atoms with Crippen LogP contribution in [0.1, 0.15) is 22.3 Å². The minimum absolute atomic E-state index is 0.0733. The summed E-state index contributed by atoms with van der Waals surface area (Å²) >= 11 is 0. The molecule has 0 atom stereocenters. The molecule has 0 unspecified atom stereocenters. The molecule has 0 bridgehead atoms. The molecule has 2 nitrogen and oxygen atoms in total. The summed E-state index contributed by atoms with van der Waals surface area (Å²) in [4.78, 5) is 17.2. The lowest BCUT2D eigenvalue weighted by Crippen LogP contribution is -2.09. The van der Waals surface area contributed by atoms with Crippen LogP contribution in [0.15, 0.2) is 96.0 Å². The van der Waals surface area contributed by atoms with Gasteiger partial charge < -0.3 is 0 Å². The number of ketones is 1. The number of rotatable bonds is 5. The largest absolute Gasteiger partial charge is 0.294 e. The van der Waals surface area contributed by atoms with E-state index in [9.17, 15) is 4.79 Å². The van der Waals surface area contributed by atoms with Gasteiger partial charge in [-0.05, 0) is 17.7 Å². The van der Waals surface area contributed by atoms with Gasteiger partial charge in [-0.15, -0.1) is 0 Å². The number of para-hydroxylation sites is 1. The zero-order valence-corrected chi connectivity index (χ0v) is 12.7. The summed E-state index contributed by atoms with van der Waals surface area (Å²) in [6.45, 7) is 0. The maximum absolute atomic E-state index is 12.5. The normalized spacial score (nSPS) is 11.2. The molecule has 0 N–H and O–H groups in total. The Kier molecular flexibility index (Phi) is 4.75. The molecule has 0 radical (unpaired) electrons. The first-order chi connectivity index (χ1) is 11.3. The molecule has 112 valence electrons. The fraction of sp³-hybridized carbons (Fsp3) is 0.0476. The molecule has 0 amide bonds. The molecule has 0 aliphatic carbocycles. The molecule has 0 fully saturated rings. The third kappa shape index (κ3) is 4.01. The van der Waals surface area contributed by atoms with Crippen LogP contribution in [0, 0.1) is 0 Å². The number of hydrogen-bond donors (Lipinski definition) is 0. The molecular formula is C21H17NO. The van der Waals surface area contributed by atoms with Crippen molar-refractivity contribution >= 4 is 17.2 Å². The van der Waals surface area contributed by atoms with Crippen molar-refractivity contribution in [2.75, 3.05) is 0 Å². The molecule has 0 saturated carbocycles. The van der Waals surface area contributed by atoms with Crippen molar-refractivity contribution in [3.05, 3.63) is 102 Å². The van der Waals surface area contributed by atoms with E-state index in [1.165, 1.54) is 0 Å². The molecule has 0 heterocycles.